The largest absolute Gasteiger partial charge is 0.384 e. The average Bonchev–Trinajstić information content (AvgIpc) is 2.49. The number of aliphatic hydroxyl groups excluding tert-OH is 1. The molecule has 0 bridgehead atoms. The predicted molar refractivity (Wildman–Crippen MR) is 81.7 cm³/mol. The maximum atomic E-state index is 10.7. The van der Waals surface area contributed by atoms with Crippen LogP contribution in [0.15, 0.2) is 54.9 Å². The zero-order valence-electron chi connectivity index (χ0n) is 11.7. The molecule has 0 saturated heterocycles. The standard InChI is InChI=1S/C18H17NO/c1-12-7-8-14(9-13(12)2)18(20)17-11-19-10-15-5-3-4-6-16(15)17/h3-11,18,20H,1-2H3. The van der Waals surface area contributed by atoms with Crippen LogP contribution in [0.2, 0.25) is 0 Å². The number of hydrogen-bond donors (Lipinski definition) is 1. The minimum Gasteiger partial charge on any atom is -0.384 e. The molecule has 0 aliphatic carbocycles. The van der Waals surface area contributed by atoms with E-state index >= 15 is 0 Å². The summed E-state index contributed by atoms with van der Waals surface area (Å²) in [6.07, 6.45) is 2.93. The molecule has 2 heteroatoms. The molecule has 1 heterocycles. The van der Waals surface area contributed by atoms with E-state index < -0.39 is 6.10 Å². The molecular formula is C18H17NO. The highest BCUT2D eigenvalue weighted by Gasteiger charge is 2.14. The SMILES string of the molecule is Cc1ccc(C(O)c2cncc3ccccc23)cc1C. The van der Waals surface area contributed by atoms with Crippen molar-refractivity contribution in [2.24, 2.45) is 0 Å². The quantitative estimate of drug-likeness (QED) is 0.760. The van der Waals surface area contributed by atoms with Gasteiger partial charge < -0.3 is 5.11 Å². The molecule has 0 aliphatic rings. The lowest BCUT2D eigenvalue weighted by molar-refractivity contribution is 0.221. The molecule has 0 spiro atoms. The Morgan fingerprint density at radius 3 is 2.55 bits per heavy atom. The van der Waals surface area contributed by atoms with Gasteiger partial charge in [0, 0.05) is 23.3 Å². The fraction of sp³-hybridized carbons (Fsp3) is 0.167. The lowest BCUT2D eigenvalue weighted by atomic mass is 9.96. The van der Waals surface area contributed by atoms with Crippen LogP contribution in [0.25, 0.3) is 10.8 Å². The van der Waals surface area contributed by atoms with Crippen LogP contribution >= 0.6 is 0 Å². The molecule has 2 aromatic carbocycles. The van der Waals surface area contributed by atoms with E-state index in [0.717, 1.165) is 21.9 Å². The van der Waals surface area contributed by atoms with E-state index in [-0.39, 0.29) is 0 Å². The number of fused-ring (bicyclic) bond motifs is 1. The zero-order chi connectivity index (χ0) is 14.1. The first kappa shape index (κ1) is 12.8. The molecule has 0 saturated carbocycles. The first-order valence-corrected chi connectivity index (χ1v) is 6.74. The Morgan fingerprint density at radius 1 is 0.950 bits per heavy atom. The second-order valence-corrected chi connectivity index (χ2v) is 5.20. The van der Waals surface area contributed by atoms with E-state index in [0.29, 0.717) is 0 Å². The van der Waals surface area contributed by atoms with E-state index in [2.05, 4.69) is 18.8 Å². The Balaban J connectivity index is 2.12. The number of hydrogen-bond acceptors (Lipinski definition) is 2. The van der Waals surface area contributed by atoms with Crippen LogP contribution < -0.4 is 0 Å². The first-order chi connectivity index (χ1) is 9.66. The van der Waals surface area contributed by atoms with E-state index in [9.17, 15) is 5.11 Å². The summed E-state index contributed by atoms with van der Waals surface area (Å²) in [6, 6.07) is 14.1. The van der Waals surface area contributed by atoms with Gasteiger partial charge in [-0.3, -0.25) is 4.98 Å². The van der Waals surface area contributed by atoms with Crippen molar-refractivity contribution in [3.05, 3.63) is 77.1 Å². The van der Waals surface area contributed by atoms with Crippen LogP contribution in [0.1, 0.15) is 28.4 Å². The molecule has 20 heavy (non-hydrogen) atoms. The highest BCUT2D eigenvalue weighted by atomic mass is 16.3. The summed E-state index contributed by atoms with van der Waals surface area (Å²) in [5.74, 6) is 0. The molecular weight excluding hydrogens is 246 g/mol. The van der Waals surface area contributed by atoms with E-state index in [4.69, 9.17) is 0 Å². The number of rotatable bonds is 2. The van der Waals surface area contributed by atoms with Gasteiger partial charge in [-0.25, -0.2) is 0 Å². The van der Waals surface area contributed by atoms with Crippen molar-refractivity contribution in [3.63, 3.8) is 0 Å². The molecule has 0 radical (unpaired) electrons. The molecule has 0 amide bonds. The number of nitrogens with zero attached hydrogens (tertiary/aromatic N) is 1. The van der Waals surface area contributed by atoms with Crippen molar-refractivity contribution in [1.82, 2.24) is 4.98 Å². The summed E-state index contributed by atoms with van der Waals surface area (Å²) in [4.78, 5) is 4.24. The molecule has 1 atom stereocenters. The summed E-state index contributed by atoms with van der Waals surface area (Å²) in [6.45, 7) is 4.14. The maximum absolute atomic E-state index is 10.7. The van der Waals surface area contributed by atoms with Crippen molar-refractivity contribution < 1.29 is 5.11 Å². The third kappa shape index (κ3) is 2.19. The molecule has 0 aliphatic heterocycles. The minimum atomic E-state index is -0.645. The van der Waals surface area contributed by atoms with Crippen LogP contribution in [0.5, 0.6) is 0 Å². The smallest absolute Gasteiger partial charge is 0.106 e. The Morgan fingerprint density at radius 2 is 1.75 bits per heavy atom. The summed E-state index contributed by atoms with van der Waals surface area (Å²) in [5, 5.41) is 12.8. The molecule has 1 N–H and O–H groups in total. The Labute approximate surface area is 118 Å². The van der Waals surface area contributed by atoms with Gasteiger partial charge in [-0.15, -0.1) is 0 Å². The average molecular weight is 263 g/mol. The lowest BCUT2D eigenvalue weighted by Crippen LogP contribution is -2.02. The van der Waals surface area contributed by atoms with Gasteiger partial charge in [-0.2, -0.15) is 0 Å². The number of benzene rings is 2. The summed E-state index contributed by atoms with van der Waals surface area (Å²) >= 11 is 0. The van der Waals surface area contributed by atoms with Crippen molar-refractivity contribution >= 4 is 10.8 Å². The van der Waals surface area contributed by atoms with E-state index in [1.807, 2.05) is 48.7 Å². The van der Waals surface area contributed by atoms with Gasteiger partial charge in [-0.1, -0.05) is 42.5 Å². The van der Waals surface area contributed by atoms with Crippen LogP contribution in [-0.2, 0) is 0 Å². The zero-order valence-corrected chi connectivity index (χ0v) is 11.7. The van der Waals surface area contributed by atoms with Gasteiger partial charge in [0.2, 0.25) is 0 Å². The van der Waals surface area contributed by atoms with Crippen LogP contribution in [-0.4, -0.2) is 10.1 Å². The molecule has 100 valence electrons. The van der Waals surface area contributed by atoms with Gasteiger partial charge in [0.05, 0.1) is 0 Å². The predicted octanol–water partition coefficient (Wildman–Crippen LogP) is 3.93. The Bertz CT molecular complexity index is 759. The maximum Gasteiger partial charge on any atom is 0.106 e. The number of aromatic nitrogens is 1. The molecule has 2 nitrogen and oxygen atoms in total. The number of aryl methyl sites for hydroxylation is 2. The van der Waals surface area contributed by atoms with Crippen molar-refractivity contribution in [2.75, 3.05) is 0 Å². The normalized spacial score (nSPS) is 12.6. The Hall–Kier alpha value is -2.19. The van der Waals surface area contributed by atoms with Crippen molar-refractivity contribution in [1.29, 1.82) is 0 Å². The number of aliphatic hydroxyl groups is 1. The third-order valence-electron chi connectivity index (χ3n) is 3.84. The fourth-order valence-electron chi connectivity index (χ4n) is 2.47. The minimum absolute atomic E-state index is 0.645. The second kappa shape index (κ2) is 5.06. The molecule has 1 unspecified atom stereocenters. The third-order valence-corrected chi connectivity index (χ3v) is 3.84. The highest BCUT2D eigenvalue weighted by Crippen LogP contribution is 2.28. The molecule has 3 rings (SSSR count). The summed E-state index contributed by atoms with van der Waals surface area (Å²) < 4.78 is 0. The van der Waals surface area contributed by atoms with Crippen LogP contribution in [0, 0.1) is 13.8 Å². The van der Waals surface area contributed by atoms with Crippen LogP contribution in [0.4, 0.5) is 0 Å². The van der Waals surface area contributed by atoms with Crippen LogP contribution in [0.3, 0.4) is 0 Å². The summed E-state index contributed by atoms with van der Waals surface area (Å²) in [5.41, 5.74) is 4.18. The molecule has 3 aromatic rings. The topological polar surface area (TPSA) is 33.1 Å². The summed E-state index contributed by atoms with van der Waals surface area (Å²) in [7, 11) is 0. The van der Waals surface area contributed by atoms with Gasteiger partial charge in [-0.05, 0) is 35.9 Å². The Kier molecular flexibility index (Phi) is 3.25. The monoisotopic (exact) mass is 263 g/mol. The van der Waals surface area contributed by atoms with Crippen molar-refractivity contribution in [3.8, 4) is 0 Å². The first-order valence-electron chi connectivity index (χ1n) is 6.74. The van der Waals surface area contributed by atoms with Gasteiger partial charge in [0.1, 0.15) is 6.10 Å². The van der Waals surface area contributed by atoms with Gasteiger partial charge >= 0.3 is 0 Å². The highest BCUT2D eigenvalue weighted by molar-refractivity contribution is 5.85. The van der Waals surface area contributed by atoms with E-state index in [1.54, 1.807) is 6.20 Å². The van der Waals surface area contributed by atoms with Gasteiger partial charge in [0.25, 0.3) is 0 Å². The number of pyridine rings is 1. The molecule has 0 fully saturated rings. The van der Waals surface area contributed by atoms with E-state index in [1.165, 1.54) is 11.1 Å². The lowest BCUT2D eigenvalue weighted by Gasteiger charge is -2.15. The van der Waals surface area contributed by atoms with Crippen molar-refractivity contribution in [2.45, 2.75) is 20.0 Å². The molecule has 1 aromatic heterocycles. The fourth-order valence-corrected chi connectivity index (χ4v) is 2.47. The second-order valence-electron chi connectivity index (χ2n) is 5.20. The van der Waals surface area contributed by atoms with Gasteiger partial charge in [0.15, 0.2) is 0 Å².